The first-order chi connectivity index (χ1) is 11.2. The molecule has 0 spiro atoms. The summed E-state index contributed by atoms with van der Waals surface area (Å²) < 4.78 is 0. The molecule has 0 aromatic heterocycles. The van der Waals surface area contributed by atoms with Gasteiger partial charge in [0.05, 0.1) is 11.4 Å². The van der Waals surface area contributed by atoms with Gasteiger partial charge >= 0.3 is 0 Å². The third-order valence-electron chi connectivity index (χ3n) is 3.54. The Balaban J connectivity index is 1.79. The molecule has 0 saturated heterocycles. The molecule has 0 saturated carbocycles. The minimum atomic E-state index is -0.0348. The van der Waals surface area contributed by atoms with Crippen LogP contribution in [0.5, 0.6) is 0 Å². The standard InChI is InChI=1S/C18H17N3OS/c1-13(14-8-4-2-5-9-14)19-16-12-23-18(22)17(16)21-20-15-10-6-3-7-11-15/h2-11,13,19H,12H2,1H3/t13-/m0/s1. The number of rotatable bonds is 5. The average molecular weight is 323 g/mol. The van der Waals surface area contributed by atoms with Crippen molar-refractivity contribution in [3.05, 3.63) is 77.6 Å². The summed E-state index contributed by atoms with van der Waals surface area (Å²) in [5, 5.41) is 11.7. The number of azo groups is 1. The van der Waals surface area contributed by atoms with Crippen molar-refractivity contribution in [2.75, 3.05) is 5.75 Å². The number of hydrogen-bond donors (Lipinski definition) is 1. The van der Waals surface area contributed by atoms with Gasteiger partial charge < -0.3 is 5.32 Å². The molecule has 1 aliphatic rings. The van der Waals surface area contributed by atoms with Crippen molar-refractivity contribution in [2.45, 2.75) is 13.0 Å². The highest BCUT2D eigenvalue weighted by Crippen LogP contribution is 2.29. The summed E-state index contributed by atoms with van der Waals surface area (Å²) in [6.45, 7) is 2.07. The van der Waals surface area contributed by atoms with Crippen LogP contribution >= 0.6 is 11.8 Å². The van der Waals surface area contributed by atoms with Crippen molar-refractivity contribution < 1.29 is 4.79 Å². The number of benzene rings is 2. The van der Waals surface area contributed by atoms with Crippen LogP contribution in [0.2, 0.25) is 0 Å². The molecule has 2 aromatic carbocycles. The highest BCUT2D eigenvalue weighted by molar-refractivity contribution is 8.14. The van der Waals surface area contributed by atoms with E-state index in [9.17, 15) is 4.79 Å². The fourth-order valence-electron chi connectivity index (χ4n) is 2.30. The number of carbonyl (C=O) groups is 1. The first kappa shape index (κ1) is 15.5. The third kappa shape index (κ3) is 3.87. The molecule has 2 aromatic rings. The second-order valence-corrected chi connectivity index (χ2v) is 6.16. The van der Waals surface area contributed by atoms with Crippen LogP contribution in [0, 0.1) is 0 Å². The maximum absolute atomic E-state index is 12.0. The Labute approximate surface area is 139 Å². The minimum Gasteiger partial charge on any atom is -0.379 e. The Morgan fingerprint density at radius 2 is 1.65 bits per heavy atom. The van der Waals surface area contributed by atoms with Gasteiger partial charge in [-0.05, 0) is 24.6 Å². The zero-order valence-corrected chi connectivity index (χ0v) is 13.6. The van der Waals surface area contributed by atoms with Gasteiger partial charge in [0.1, 0.15) is 0 Å². The number of thioether (sulfide) groups is 1. The SMILES string of the molecule is C[C@H](NC1=C(N=Nc2ccccc2)C(=O)SC1)c1ccccc1. The van der Waals surface area contributed by atoms with E-state index in [4.69, 9.17) is 0 Å². The van der Waals surface area contributed by atoms with Crippen molar-refractivity contribution in [1.29, 1.82) is 0 Å². The molecule has 3 rings (SSSR count). The molecule has 5 heteroatoms. The lowest BCUT2D eigenvalue weighted by molar-refractivity contribution is -0.107. The van der Waals surface area contributed by atoms with Gasteiger partial charge in [-0.1, -0.05) is 60.3 Å². The largest absolute Gasteiger partial charge is 0.379 e. The van der Waals surface area contributed by atoms with Crippen LogP contribution in [0.15, 0.2) is 82.3 Å². The predicted molar refractivity (Wildman–Crippen MR) is 93.4 cm³/mol. The predicted octanol–water partition coefficient (Wildman–Crippen LogP) is 4.61. The molecule has 0 radical (unpaired) electrons. The molecule has 0 bridgehead atoms. The first-order valence-corrected chi connectivity index (χ1v) is 8.41. The lowest BCUT2D eigenvalue weighted by atomic mass is 10.1. The van der Waals surface area contributed by atoms with E-state index >= 15 is 0 Å². The maximum atomic E-state index is 12.0. The number of carbonyl (C=O) groups excluding carboxylic acids is 1. The monoisotopic (exact) mass is 323 g/mol. The molecular weight excluding hydrogens is 306 g/mol. The summed E-state index contributed by atoms with van der Waals surface area (Å²) in [7, 11) is 0. The van der Waals surface area contributed by atoms with E-state index < -0.39 is 0 Å². The average Bonchev–Trinajstić information content (AvgIpc) is 2.94. The maximum Gasteiger partial charge on any atom is 0.241 e. The molecule has 1 N–H and O–H groups in total. The first-order valence-electron chi connectivity index (χ1n) is 7.42. The summed E-state index contributed by atoms with van der Waals surface area (Å²) in [5.74, 6) is 0.610. The van der Waals surface area contributed by atoms with Crippen molar-refractivity contribution in [2.24, 2.45) is 10.2 Å². The Kier molecular flexibility index (Phi) is 4.88. The van der Waals surface area contributed by atoms with Crippen molar-refractivity contribution in [1.82, 2.24) is 5.32 Å². The summed E-state index contributed by atoms with van der Waals surface area (Å²) in [4.78, 5) is 12.0. The van der Waals surface area contributed by atoms with E-state index in [2.05, 4.69) is 34.6 Å². The molecule has 0 fully saturated rings. The smallest absolute Gasteiger partial charge is 0.241 e. The molecule has 1 aliphatic heterocycles. The van der Waals surface area contributed by atoms with Gasteiger partial charge in [-0.2, -0.15) is 5.11 Å². The Morgan fingerprint density at radius 1 is 1.00 bits per heavy atom. The second-order valence-electron chi connectivity index (χ2n) is 5.22. The van der Waals surface area contributed by atoms with E-state index in [1.807, 2.05) is 48.5 Å². The molecule has 0 amide bonds. The molecule has 1 atom stereocenters. The molecule has 0 unspecified atom stereocenters. The van der Waals surface area contributed by atoms with Gasteiger partial charge in [0.2, 0.25) is 5.12 Å². The van der Waals surface area contributed by atoms with Gasteiger partial charge in [0.15, 0.2) is 5.70 Å². The lowest BCUT2D eigenvalue weighted by Crippen LogP contribution is -2.19. The van der Waals surface area contributed by atoms with Crippen molar-refractivity contribution in [3.8, 4) is 0 Å². The molecule has 23 heavy (non-hydrogen) atoms. The highest BCUT2D eigenvalue weighted by atomic mass is 32.2. The van der Waals surface area contributed by atoms with E-state index in [0.717, 1.165) is 11.4 Å². The van der Waals surface area contributed by atoms with E-state index in [0.29, 0.717) is 11.4 Å². The van der Waals surface area contributed by atoms with Gasteiger partial charge in [0.25, 0.3) is 0 Å². The van der Waals surface area contributed by atoms with Gasteiger partial charge in [0, 0.05) is 11.8 Å². The molecule has 1 heterocycles. The number of nitrogens with zero attached hydrogens (tertiary/aromatic N) is 2. The van der Waals surface area contributed by atoms with Crippen LogP contribution in [0.4, 0.5) is 5.69 Å². The normalized spacial score (nSPS) is 16.1. The number of nitrogens with one attached hydrogen (secondary N) is 1. The number of hydrogen-bond acceptors (Lipinski definition) is 5. The van der Waals surface area contributed by atoms with E-state index in [-0.39, 0.29) is 11.2 Å². The molecule has 4 nitrogen and oxygen atoms in total. The Hall–Kier alpha value is -2.40. The molecule has 0 aliphatic carbocycles. The van der Waals surface area contributed by atoms with E-state index in [1.165, 1.54) is 17.3 Å². The quantitative estimate of drug-likeness (QED) is 0.818. The van der Waals surface area contributed by atoms with Crippen LogP contribution in [0.25, 0.3) is 0 Å². The van der Waals surface area contributed by atoms with E-state index in [1.54, 1.807) is 0 Å². The fraction of sp³-hybridized carbons (Fsp3) is 0.167. The zero-order valence-electron chi connectivity index (χ0n) is 12.8. The van der Waals surface area contributed by atoms with Crippen LogP contribution in [-0.4, -0.2) is 10.9 Å². The third-order valence-corrected chi connectivity index (χ3v) is 4.43. The van der Waals surface area contributed by atoms with Crippen LogP contribution in [0.3, 0.4) is 0 Å². The zero-order chi connectivity index (χ0) is 16.1. The van der Waals surface area contributed by atoms with Gasteiger partial charge in [-0.15, -0.1) is 5.11 Å². The summed E-state index contributed by atoms with van der Waals surface area (Å²) in [5.41, 5.74) is 3.17. The topological polar surface area (TPSA) is 53.8 Å². The van der Waals surface area contributed by atoms with Gasteiger partial charge in [-0.25, -0.2) is 0 Å². The van der Waals surface area contributed by atoms with Crippen LogP contribution in [0.1, 0.15) is 18.5 Å². The fourth-order valence-corrected chi connectivity index (χ4v) is 3.09. The van der Waals surface area contributed by atoms with Crippen LogP contribution < -0.4 is 5.32 Å². The van der Waals surface area contributed by atoms with Crippen molar-refractivity contribution >= 4 is 22.6 Å². The highest BCUT2D eigenvalue weighted by Gasteiger charge is 2.25. The summed E-state index contributed by atoms with van der Waals surface area (Å²) in [6.07, 6.45) is 0. The Bertz CT molecular complexity index is 741. The summed E-state index contributed by atoms with van der Waals surface area (Å²) in [6, 6.07) is 19.7. The second kappa shape index (κ2) is 7.24. The van der Waals surface area contributed by atoms with Gasteiger partial charge in [-0.3, -0.25) is 4.79 Å². The lowest BCUT2D eigenvalue weighted by Gasteiger charge is -2.16. The molecule has 116 valence electrons. The van der Waals surface area contributed by atoms with Crippen molar-refractivity contribution in [3.63, 3.8) is 0 Å². The minimum absolute atomic E-state index is 0.0348. The molecular formula is C18H17N3OS. The Morgan fingerprint density at radius 3 is 2.35 bits per heavy atom. The summed E-state index contributed by atoms with van der Waals surface area (Å²) >= 11 is 1.26. The van der Waals surface area contributed by atoms with Crippen LogP contribution in [-0.2, 0) is 4.79 Å².